The molecule has 138 valence electrons. The molecule has 3 rings (SSSR count). The fourth-order valence-electron chi connectivity index (χ4n) is 3.79. The minimum atomic E-state index is -0.730. The Morgan fingerprint density at radius 1 is 1.04 bits per heavy atom. The summed E-state index contributed by atoms with van der Waals surface area (Å²) in [7, 11) is 0. The summed E-state index contributed by atoms with van der Waals surface area (Å²) in [6.07, 6.45) is 2.84. The van der Waals surface area contributed by atoms with Crippen molar-refractivity contribution in [3.8, 4) is 11.1 Å². The Morgan fingerprint density at radius 3 is 2.27 bits per heavy atom. The lowest BCUT2D eigenvalue weighted by molar-refractivity contribution is -0.145. The van der Waals surface area contributed by atoms with Crippen LogP contribution in [0.1, 0.15) is 24.8 Å². The summed E-state index contributed by atoms with van der Waals surface area (Å²) < 4.78 is 5.35. The van der Waals surface area contributed by atoms with E-state index < -0.39 is 5.97 Å². The second-order valence-electron chi connectivity index (χ2n) is 7.16. The third-order valence-electron chi connectivity index (χ3n) is 5.27. The van der Waals surface area contributed by atoms with E-state index in [2.05, 4.69) is 36.4 Å². The highest BCUT2D eigenvalue weighted by molar-refractivity contribution is 5.70. The lowest BCUT2D eigenvalue weighted by atomic mass is 9.81. The van der Waals surface area contributed by atoms with Crippen LogP contribution in [-0.4, -0.2) is 30.3 Å². The van der Waals surface area contributed by atoms with Gasteiger partial charge in [0.15, 0.2) is 0 Å². The zero-order chi connectivity index (χ0) is 18.4. The molecule has 2 aromatic rings. The average molecular weight is 353 g/mol. The van der Waals surface area contributed by atoms with Crippen LogP contribution in [0.5, 0.6) is 0 Å². The minimum Gasteiger partial charge on any atom is -0.481 e. The summed E-state index contributed by atoms with van der Waals surface area (Å²) in [4.78, 5) is 11.7. The SMILES string of the molecule is NC(Cc1ccc(-c2ccccc2)cc1)CC(C(=O)O)C1CCOCC1. The zero-order valence-electron chi connectivity index (χ0n) is 15.0. The van der Waals surface area contributed by atoms with Gasteiger partial charge in [-0.2, -0.15) is 0 Å². The Labute approximate surface area is 155 Å². The summed E-state index contributed by atoms with van der Waals surface area (Å²) in [5, 5.41) is 9.61. The Balaban J connectivity index is 1.59. The third-order valence-corrected chi connectivity index (χ3v) is 5.27. The smallest absolute Gasteiger partial charge is 0.306 e. The molecule has 1 aliphatic rings. The van der Waals surface area contributed by atoms with Gasteiger partial charge in [0.05, 0.1) is 5.92 Å². The summed E-state index contributed by atoms with van der Waals surface area (Å²) >= 11 is 0. The normalized spacial score (nSPS) is 17.6. The number of ether oxygens (including phenoxy) is 1. The maximum absolute atomic E-state index is 11.7. The first-order valence-electron chi connectivity index (χ1n) is 9.34. The van der Waals surface area contributed by atoms with Crippen LogP contribution in [0.2, 0.25) is 0 Å². The third kappa shape index (κ3) is 4.93. The first-order valence-corrected chi connectivity index (χ1v) is 9.34. The van der Waals surface area contributed by atoms with Crippen molar-refractivity contribution in [2.45, 2.75) is 31.7 Å². The van der Waals surface area contributed by atoms with Gasteiger partial charge in [-0.15, -0.1) is 0 Å². The number of benzene rings is 2. The van der Waals surface area contributed by atoms with Gasteiger partial charge in [0, 0.05) is 19.3 Å². The topological polar surface area (TPSA) is 72.6 Å². The zero-order valence-corrected chi connectivity index (χ0v) is 15.0. The standard InChI is InChI=1S/C22H27NO3/c23-20(15-21(22(24)25)19-10-12-26-13-11-19)14-16-6-8-18(9-7-16)17-4-2-1-3-5-17/h1-9,19-21H,10-15,23H2,(H,24,25). The number of carboxylic acid groups (broad SMARTS) is 1. The van der Waals surface area contributed by atoms with E-state index in [-0.39, 0.29) is 17.9 Å². The van der Waals surface area contributed by atoms with E-state index in [0.717, 1.165) is 18.4 Å². The number of carbonyl (C=O) groups is 1. The van der Waals surface area contributed by atoms with Crippen LogP contribution < -0.4 is 5.73 Å². The van der Waals surface area contributed by atoms with Gasteiger partial charge in [-0.25, -0.2) is 0 Å². The van der Waals surface area contributed by atoms with Crippen LogP contribution in [0.3, 0.4) is 0 Å². The molecule has 3 N–H and O–H groups in total. The molecule has 0 spiro atoms. The van der Waals surface area contributed by atoms with Crippen LogP contribution >= 0.6 is 0 Å². The molecule has 2 aromatic carbocycles. The lowest BCUT2D eigenvalue weighted by Gasteiger charge is -2.29. The van der Waals surface area contributed by atoms with Crippen molar-refractivity contribution in [3.05, 3.63) is 60.2 Å². The fraction of sp³-hybridized carbons (Fsp3) is 0.409. The van der Waals surface area contributed by atoms with Crippen LogP contribution in [0.4, 0.5) is 0 Å². The predicted octanol–water partition coefficient (Wildman–Crippen LogP) is 3.74. The van der Waals surface area contributed by atoms with Gasteiger partial charge in [-0.1, -0.05) is 54.6 Å². The molecule has 4 nitrogen and oxygen atoms in total. The molecule has 0 bridgehead atoms. The van der Waals surface area contributed by atoms with Gasteiger partial charge in [-0.3, -0.25) is 4.79 Å². The fourth-order valence-corrected chi connectivity index (χ4v) is 3.79. The van der Waals surface area contributed by atoms with Crippen LogP contribution in [0, 0.1) is 11.8 Å². The second kappa shape index (κ2) is 8.97. The first kappa shape index (κ1) is 18.6. The number of nitrogens with two attached hydrogens (primary N) is 1. The van der Waals surface area contributed by atoms with Gasteiger partial charge in [-0.05, 0) is 48.3 Å². The van der Waals surface area contributed by atoms with Crippen LogP contribution in [0.15, 0.2) is 54.6 Å². The first-order chi connectivity index (χ1) is 12.6. The van der Waals surface area contributed by atoms with Crippen LogP contribution in [0.25, 0.3) is 11.1 Å². The summed E-state index contributed by atoms with van der Waals surface area (Å²) in [5.74, 6) is -0.933. The highest BCUT2D eigenvalue weighted by atomic mass is 16.5. The molecule has 1 fully saturated rings. The summed E-state index contributed by atoms with van der Waals surface area (Å²) in [6, 6.07) is 18.5. The van der Waals surface area contributed by atoms with Crippen molar-refractivity contribution in [3.63, 3.8) is 0 Å². The van der Waals surface area contributed by atoms with Gasteiger partial charge in [0.25, 0.3) is 0 Å². The molecule has 26 heavy (non-hydrogen) atoms. The van der Waals surface area contributed by atoms with Crippen molar-refractivity contribution in [2.75, 3.05) is 13.2 Å². The van der Waals surface area contributed by atoms with E-state index in [9.17, 15) is 9.90 Å². The molecular weight excluding hydrogens is 326 g/mol. The predicted molar refractivity (Wildman–Crippen MR) is 103 cm³/mol. The Hall–Kier alpha value is -2.17. The van der Waals surface area contributed by atoms with Crippen molar-refractivity contribution >= 4 is 5.97 Å². The molecule has 1 saturated heterocycles. The van der Waals surface area contributed by atoms with Gasteiger partial charge in [0.1, 0.15) is 0 Å². The van der Waals surface area contributed by atoms with E-state index in [1.165, 1.54) is 11.1 Å². The lowest BCUT2D eigenvalue weighted by Crippen LogP contribution is -2.35. The molecule has 2 unspecified atom stereocenters. The van der Waals surface area contributed by atoms with Crippen molar-refractivity contribution in [2.24, 2.45) is 17.6 Å². The maximum Gasteiger partial charge on any atom is 0.306 e. The summed E-state index contributed by atoms with van der Waals surface area (Å²) in [6.45, 7) is 1.31. The molecule has 4 heteroatoms. The van der Waals surface area contributed by atoms with Crippen molar-refractivity contribution < 1.29 is 14.6 Å². The highest BCUT2D eigenvalue weighted by Crippen LogP contribution is 2.28. The molecule has 0 aliphatic carbocycles. The number of hydrogen-bond donors (Lipinski definition) is 2. The number of hydrogen-bond acceptors (Lipinski definition) is 3. The monoisotopic (exact) mass is 353 g/mol. The van der Waals surface area contributed by atoms with E-state index in [1.54, 1.807) is 0 Å². The average Bonchev–Trinajstić information content (AvgIpc) is 2.68. The maximum atomic E-state index is 11.7. The van der Waals surface area contributed by atoms with E-state index in [1.807, 2.05) is 18.2 Å². The van der Waals surface area contributed by atoms with E-state index >= 15 is 0 Å². The van der Waals surface area contributed by atoms with E-state index in [0.29, 0.717) is 26.1 Å². The van der Waals surface area contributed by atoms with Crippen molar-refractivity contribution in [1.29, 1.82) is 0 Å². The largest absolute Gasteiger partial charge is 0.481 e. The number of carboxylic acids is 1. The Bertz CT molecular complexity index is 693. The number of rotatable bonds is 7. The molecule has 1 aliphatic heterocycles. The molecule has 2 atom stereocenters. The minimum absolute atomic E-state index is 0.151. The highest BCUT2D eigenvalue weighted by Gasteiger charge is 2.31. The molecule has 1 heterocycles. The van der Waals surface area contributed by atoms with Gasteiger partial charge >= 0.3 is 5.97 Å². The number of aliphatic carboxylic acids is 1. The van der Waals surface area contributed by atoms with Gasteiger partial charge < -0.3 is 15.6 Å². The second-order valence-corrected chi connectivity index (χ2v) is 7.16. The van der Waals surface area contributed by atoms with E-state index in [4.69, 9.17) is 10.5 Å². The molecule has 0 amide bonds. The quantitative estimate of drug-likeness (QED) is 0.795. The molecule has 0 saturated carbocycles. The van der Waals surface area contributed by atoms with Crippen LogP contribution in [-0.2, 0) is 16.0 Å². The van der Waals surface area contributed by atoms with Gasteiger partial charge in [0.2, 0.25) is 0 Å². The van der Waals surface area contributed by atoms with Crippen molar-refractivity contribution in [1.82, 2.24) is 0 Å². The molecule has 0 radical (unpaired) electrons. The molecule has 0 aromatic heterocycles. The molecular formula is C22H27NO3. The Morgan fingerprint density at radius 2 is 1.65 bits per heavy atom. The summed E-state index contributed by atoms with van der Waals surface area (Å²) in [5.41, 5.74) is 9.82. The Kier molecular flexibility index (Phi) is 6.42.